The molecule has 0 rings (SSSR count). The Morgan fingerprint density at radius 1 is 1.17 bits per heavy atom. The monoisotopic (exact) mass is 176 g/mol. The first-order valence-electron chi connectivity index (χ1n) is 3.39. The van der Waals surface area contributed by atoms with Crippen LogP contribution >= 0.6 is 0 Å². The largest absolute Gasteiger partial charge is 0.423 e. The van der Waals surface area contributed by atoms with E-state index < -0.39 is 18.2 Å². The zero-order valence-corrected chi connectivity index (χ0v) is 7.33. The van der Waals surface area contributed by atoms with Crippen LogP contribution in [0.1, 0.15) is 13.8 Å². The highest BCUT2D eigenvalue weighted by molar-refractivity contribution is 5.68. The van der Waals surface area contributed by atoms with Crippen molar-refractivity contribution in [1.29, 1.82) is 0 Å². The van der Waals surface area contributed by atoms with Gasteiger partial charge in [-0.2, -0.15) is 0 Å². The Balaban J connectivity index is 3.85. The van der Waals surface area contributed by atoms with Gasteiger partial charge in [-0.15, -0.1) is 0 Å². The van der Waals surface area contributed by atoms with Crippen molar-refractivity contribution in [1.82, 2.24) is 0 Å². The Labute approximate surface area is 70.6 Å². The summed E-state index contributed by atoms with van der Waals surface area (Å²) in [5, 5.41) is 0. The van der Waals surface area contributed by atoms with Gasteiger partial charge in [-0.1, -0.05) is 0 Å². The van der Waals surface area contributed by atoms with Crippen molar-refractivity contribution in [3.8, 4) is 0 Å². The molecule has 0 aromatic rings. The van der Waals surface area contributed by atoms with E-state index in [0.717, 1.165) is 0 Å². The maximum absolute atomic E-state index is 10.4. The van der Waals surface area contributed by atoms with Gasteiger partial charge in [-0.05, 0) is 0 Å². The number of hydrogen-bond donors (Lipinski definition) is 0. The molecule has 0 saturated heterocycles. The zero-order valence-electron chi connectivity index (χ0n) is 7.33. The van der Waals surface area contributed by atoms with Crippen LogP contribution in [-0.2, 0) is 23.8 Å². The lowest BCUT2D eigenvalue weighted by Crippen LogP contribution is -2.26. The standard InChI is InChI=1S/C7H12O5/c1-5(8)11-7(4-10-3)12-6(2)9/h7H,4H2,1-3H3. The van der Waals surface area contributed by atoms with Gasteiger partial charge < -0.3 is 14.2 Å². The molecular formula is C7H12O5. The lowest BCUT2D eigenvalue weighted by Gasteiger charge is -2.14. The molecule has 0 N–H and O–H groups in total. The fraction of sp³-hybridized carbons (Fsp3) is 0.714. The van der Waals surface area contributed by atoms with Gasteiger partial charge in [0.05, 0.1) is 0 Å². The van der Waals surface area contributed by atoms with Crippen LogP contribution in [0.15, 0.2) is 0 Å². The van der Waals surface area contributed by atoms with Gasteiger partial charge in [-0.3, -0.25) is 9.59 Å². The van der Waals surface area contributed by atoms with E-state index in [9.17, 15) is 9.59 Å². The van der Waals surface area contributed by atoms with E-state index in [-0.39, 0.29) is 6.61 Å². The quantitative estimate of drug-likeness (QED) is 0.448. The number of ether oxygens (including phenoxy) is 3. The lowest BCUT2D eigenvalue weighted by molar-refractivity contribution is -0.192. The molecule has 0 heterocycles. The molecule has 0 aliphatic heterocycles. The number of carbonyl (C=O) groups excluding carboxylic acids is 2. The fourth-order valence-electron chi connectivity index (χ4n) is 0.598. The zero-order chi connectivity index (χ0) is 9.56. The Morgan fingerprint density at radius 2 is 1.58 bits per heavy atom. The minimum atomic E-state index is -0.940. The summed E-state index contributed by atoms with van der Waals surface area (Å²) in [7, 11) is 1.42. The van der Waals surface area contributed by atoms with Gasteiger partial charge in [0, 0.05) is 21.0 Å². The fourth-order valence-corrected chi connectivity index (χ4v) is 0.598. The Hall–Kier alpha value is -1.10. The van der Waals surface area contributed by atoms with Gasteiger partial charge in [0.1, 0.15) is 6.61 Å². The van der Waals surface area contributed by atoms with E-state index in [0.29, 0.717) is 0 Å². The summed E-state index contributed by atoms with van der Waals surface area (Å²) >= 11 is 0. The highest BCUT2D eigenvalue weighted by Crippen LogP contribution is 1.96. The van der Waals surface area contributed by atoms with Gasteiger partial charge in [0.25, 0.3) is 6.29 Å². The van der Waals surface area contributed by atoms with Crippen LogP contribution in [0.3, 0.4) is 0 Å². The van der Waals surface area contributed by atoms with Crippen molar-refractivity contribution in [2.45, 2.75) is 20.1 Å². The first-order chi connectivity index (χ1) is 5.56. The van der Waals surface area contributed by atoms with E-state index >= 15 is 0 Å². The summed E-state index contributed by atoms with van der Waals surface area (Å²) in [6.07, 6.45) is -0.940. The van der Waals surface area contributed by atoms with Crippen molar-refractivity contribution in [3.05, 3.63) is 0 Å². The van der Waals surface area contributed by atoms with E-state index in [1.807, 2.05) is 0 Å². The number of carbonyl (C=O) groups is 2. The number of esters is 2. The first kappa shape index (κ1) is 10.9. The predicted molar refractivity (Wildman–Crippen MR) is 39.2 cm³/mol. The minimum absolute atomic E-state index is 0.0408. The van der Waals surface area contributed by atoms with Crippen molar-refractivity contribution in [3.63, 3.8) is 0 Å². The molecule has 0 amide bonds. The molecule has 0 unspecified atom stereocenters. The molecule has 0 aromatic heterocycles. The molecule has 0 aromatic carbocycles. The smallest absolute Gasteiger partial charge is 0.305 e. The Kier molecular flexibility index (Phi) is 5.03. The first-order valence-corrected chi connectivity index (χ1v) is 3.39. The summed E-state index contributed by atoms with van der Waals surface area (Å²) in [5.41, 5.74) is 0. The van der Waals surface area contributed by atoms with Gasteiger partial charge in [0.2, 0.25) is 0 Å². The molecule has 5 nitrogen and oxygen atoms in total. The van der Waals surface area contributed by atoms with E-state index in [4.69, 9.17) is 0 Å². The van der Waals surface area contributed by atoms with Gasteiger partial charge >= 0.3 is 11.9 Å². The third-order valence-corrected chi connectivity index (χ3v) is 0.898. The van der Waals surface area contributed by atoms with Gasteiger partial charge in [-0.25, -0.2) is 0 Å². The molecule has 12 heavy (non-hydrogen) atoms. The summed E-state index contributed by atoms with van der Waals surface area (Å²) in [6, 6.07) is 0. The average Bonchev–Trinajstić information content (AvgIpc) is 1.84. The van der Waals surface area contributed by atoms with Crippen molar-refractivity contribution in [2.24, 2.45) is 0 Å². The second-order valence-corrected chi connectivity index (χ2v) is 2.10. The van der Waals surface area contributed by atoms with Crippen LogP contribution in [0.4, 0.5) is 0 Å². The van der Waals surface area contributed by atoms with Crippen LogP contribution in [0.5, 0.6) is 0 Å². The van der Waals surface area contributed by atoms with E-state index in [1.54, 1.807) is 0 Å². The van der Waals surface area contributed by atoms with E-state index in [2.05, 4.69) is 14.2 Å². The molecule has 0 aliphatic carbocycles. The predicted octanol–water partition coefficient (Wildman–Crippen LogP) is 0.0851. The van der Waals surface area contributed by atoms with Crippen LogP contribution in [-0.4, -0.2) is 31.9 Å². The maximum atomic E-state index is 10.4. The van der Waals surface area contributed by atoms with E-state index in [1.165, 1.54) is 21.0 Å². The SMILES string of the molecule is COCC(OC(C)=O)OC(C)=O. The molecule has 0 atom stereocenters. The molecule has 0 bridgehead atoms. The average molecular weight is 176 g/mol. The second-order valence-electron chi connectivity index (χ2n) is 2.10. The van der Waals surface area contributed by atoms with Gasteiger partial charge in [0.15, 0.2) is 0 Å². The van der Waals surface area contributed by atoms with Crippen molar-refractivity contribution in [2.75, 3.05) is 13.7 Å². The van der Waals surface area contributed by atoms with Crippen LogP contribution in [0, 0.1) is 0 Å². The van der Waals surface area contributed by atoms with Crippen LogP contribution in [0.25, 0.3) is 0 Å². The van der Waals surface area contributed by atoms with Crippen LogP contribution in [0.2, 0.25) is 0 Å². The number of rotatable bonds is 4. The molecule has 0 saturated carbocycles. The summed E-state index contributed by atoms with van der Waals surface area (Å²) in [5.74, 6) is -1.03. The molecule has 0 radical (unpaired) electrons. The third-order valence-electron chi connectivity index (χ3n) is 0.898. The topological polar surface area (TPSA) is 61.8 Å². The Morgan fingerprint density at radius 3 is 1.83 bits per heavy atom. The molecular weight excluding hydrogens is 164 g/mol. The van der Waals surface area contributed by atoms with Crippen molar-refractivity contribution < 1.29 is 23.8 Å². The number of methoxy groups -OCH3 is 1. The molecule has 0 fully saturated rings. The normalized spacial score (nSPS) is 9.67. The maximum Gasteiger partial charge on any atom is 0.305 e. The minimum Gasteiger partial charge on any atom is -0.423 e. The molecule has 5 heteroatoms. The lowest BCUT2D eigenvalue weighted by atomic mass is 10.6. The Bertz CT molecular complexity index is 149. The second kappa shape index (κ2) is 5.54. The summed E-state index contributed by atoms with van der Waals surface area (Å²) in [6.45, 7) is 2.50. The van der Waals surface area contributed by atoms with Crippen molar-refractivity contribution >= 4 is 11.9 Å². The molecule has 70 valence electrons. The highest BCUT2D eigenvalue weighted by atomic mass is 16.7. The highest BCUT2D eigenvalue weighted by Gasteiger charge is 2.13. The third kappa shape index (κ3) is 5.67. The summed E-state index contributed by atoms with van der Waals surface area (Å²) in [4.78, 5) is 20.9. The molecule has 0 spiro atoms. The number of hydrogen-bond acceptors (Lipinski definition) is 5. The molecule has 0 aliphatic rings. The summed E-state index contributed by atoms with van der Waals surface area (Å²) < 4.78 is 13.8. The van der Waals surface area contributed by atoms with Crippen LogP contribution < -0.4 is 0 Å².